The first-order valence-electron chi connectivity index (χ1n) is 5.43. The molecule has 0 fully saturated rings. The maximum Gasteiger partial charge on any atom is 0.129 e. The fourth-order valence-corrected chi connectivity index (χ4v) is 1.19. The molecule has 2 heteroatoms. The Bertz CT molecular complexity index is 251. The Morgan fingerprint density at radius 2 is 2.27 bits per heavy atom. The lowest BCUT2D eigenvalue weighted by molar-refractivity contribution is 0.100. The van der Waals surface area contributed by atoms with E-state index in [2.05, 4.69) is 31.6 Å². The summed E-state index contributed by atoms with van der Waals surface area (Å²) in [5, 5.41) is 0. The third kappa shape index (κ3) is 8.01. The van der Waals surface area contributed by atoms with E-state index in [0.29, 0.717) is 0 Å². The van der Waals surface area contributed by atoms with Crippen LogP contribution in [0.3, 0.4) is 0 Å². The van der Waals surface area contributed by atoms with Gasteiger partial charge in [0.15, 0.2) is 0 Å². The highest BCUT2D eigenvalue weighted by molar-refractivity contribution is 6.17. The molecule has 0 bridgehead atoms. The first kappa shape index (κ1) is 14.0. The summed E-state index contributed by atoms with van der Waals surface area (Å²) in [6, 6.07) is 0. The van der Waals surface area contributed by atoms with Crippen molar-refractivity contribution in [1.82, 2.24) is 0 Å². The molecule has 0 radical (unpaired) electrons. The van der Waals surface area contributed by atoms with Gasteiger partial charge < -0.3 is 4.74 Å². The molecule has 1 nitrogen and oxygen atoms in total. The molecule has 82 valence electrons. The van der Waals surface area contributed by atoms with Gasteiger partial charge in [-0.1, -0.05) is 42.5 Å². The van der Waals surface area contributed by atoms with Crippen molar-refractivity contribution in [2.24, 2.45) is 0 Å². The Balaban J connectivity index is 3.77. The molecule has 0 aliphatic rings. The predicted molar refractivity (Wildman–Crippen MR) is 70.8 cm³/mol. The minimum absolute atomic E-state index is 0.159. The van der Waals surface area contributed by atoms with Crippen LogP contribution >= 0.6 is 0 Å². The zero-order chi connectivity index (χ0) is 11.5. The van der Waals surface area contributed by atoms with Gasteiger partial charge in [-0.2, -0.15) is 0 Å². The van der Waals surface area contributed by atoms with Crippen LogP contribution in [0.4, 0.5) is 0 Å². The van der Waals surface area contributed by atoms with Crippen LogP contribution in [-0.2, 0) is 4.74 Å². The second kappa shape index (κ2) is 9.54. The lowest BCUT2D eigenvalue weighted by Crippen LogP contribution is -2.06. The fourth-order valence-electron chi connectivity index (χ4n) is 1.19. The van der Waals surface area contributed by atoms with Crippen LogP contribution in [0.1, 0.15) is 20.3 Å². The van der Waals surface area contributed by atoms with Crippen molar-refractivity contribution in [3.63, 3.8) is 0 Å². The van der Waals surface area contributed by atoms with E-state index >= 15 is 0 Å². The van der Waals surface area contributed by atoms with Gasteiger partial charge in [0, 0.05) is 0 Å². The van der Waals surface area contributed by atoms with E-state index in [1.165, 1.54) is 5.57 Å². The van der Waals surface area contributed by atoms with Gasteiger partial charge in [0.1, 0.15) is 7.85 Å². The molecule has 15 heavy (non-hydrogen) atoms. The van der Waals surface area contributed by atoms with Crippen molar-refractivity contribution in [3.05, 3.63) is 48.5 Å². The van der Waals surface area contributed by atoms with Gasteiger partial charge in [-0.05, 0) is 20.3 Å². The van der Waals surface area contributed by atoms with E-state index in [0.717, 1.165) is 13.0 Å². The highest BCUT2D eigenvalue weighted by Gasteiger charge is 1.96. The molecule has 1 atom stereocenters. The van der Waals surface area contributed by atoms with Crippen molar-refractivity contribution in [1.29, 1.82) is 0 Å². The van der Waals surface area contributed by atoms with Gasteiger partial charge in [-0.25, -0.2) is 0 Å². The molecule has 0 spiro atoms. The highest BCUT2D eigenvalue weighted by Crippen LogP contribution is 2.04. The summed E-state index contributed by atoms with van der Waals surface area (Å²) >= 11 is 0. The largest absolute Gasteiger partial charge is 0.374 e. The molecule has 0 rings (SSSR count). The molecule has 0 aliphatic heterocycles. The third-order valence-electron chi connectivity index (χ3n) is 2.04. The molecule has 0 aromatic rings. The molecule has 0 saturated heterocycles. The lowest BCUT2D eigenvalue weighted by Gasteiger charge is -2.08. The van der Waals surface area contributed by atoms with Gasteiger partial charge in [-0.3, -0.25) is 0 Å². The standard InChI is InChI=1S/C13H21BO/c1-4-6-7-12(3)15-11-9-13(5-2)8-10-14/h4-8,10,12H,1,9,11,14H2,2-3H3/b7-6-,10-8-,13-5+. The van der Waals surface area contributed by atoms with E-state index < -0.39 is 0 Å². The van der Waals surface area contributed by atoms with Crippen LogP contribution in [-0.4, -0.2) is 20.6 Å². The molecule has 0 aromatic carbocycles. The summed E-state index contributed by atoms with van der Waals surface area (Å²) in [7, 11) is 2.03. The fraction of sp³-hybridized carbons (Fsp3) is 0.385. The second-order valence-electron chi connectivity index (χ2n) is 3.31. The van der Waals surface area contributed by atoms with Crippen LogP contribution in [0.25, 0.3) is 0 Å². The van der Waals surface area contributed by atoms with E-state index in [-0.39, 0.29) is 6.10 Å². The average molecular weight is 204 g/mol. The molecule has 1 unspecified atom stereocenters. The van der Waals surface area contributed by atoms with E-state index in [1.807, 2.05) is 26.9 Å². The SMILES string of the molecule is B/C=C\C(=C/C)CCOC(C)/C=C\C=C. The first-order chi connectivity index (χ1) is 7.24. The smallest absolute Gasteiger partial charge is 0.129 e. The number of rotatable bonds is 7. The van der Waals surface area contributed by atoms with Crippen molar-refractivity contribution >= 4 is 7.85 Å². The molecular formula is C13H21BO. The topological polar surface area (TPSA) is 9.23 Å². The number of allylic oxidation sites excluding steroid dienone is 4. The van der Waals surface area contributed by atoms with Gasteiger partial charge >= 0.3 is 0 Å². The molecule has 0 heterocycles. The summed E-state index contributed by atoms with van der Waals surface area (Å²) in [4.78, 5) is 0. The Hall–Kier alpha value is -1.02. The molecule has 0 amide bonds. The summed E-state index contributed by atoms with van der Waals surface area (Å²) in [6.45, 7) is 8.46. The van der Waals surface area contributed by atoms with Crippen LogP contribution in [0.15, 0.2) is 48.5 Å². The van der Waals surface area contributed by atoms with Gasteiger partial charge in [0.05, 0.1) is 12.7 Å². The van der Waals surface area contributed by atoms with Crippen LogP contribution in [0.2, 0.25) is 0 Å². The van der Waals surface area contributed by atoms with Gasteiger partial charge in [0.25, 0.3) is 0 Å². The van der Waals surface area contributed by atoms with Crippen molar-refractivity contribution in [2.45, 2.75) is 26.4 Å². The third-order valence-corrected chi connectivity index (χ3v) is 2.04. The first-order valence-corrected chi connectivity index (χ1v) is 5.43. The normalized spacial score (nSPS) is 14.9. The lowest BCUT2D eigenvalue weighted by atomic mass is 10.1. The van der Waals surface area contributed by atoms with Gasteiger partial charge in [0.2, 0.25) is 0 Å². The quantitative estimate of drug-likeness (QED) is 0.457. The van der Waals surface area contributed by atoms with Gasteiger partial charge in [-0.15, -0.1) is 5.98 Å². The number of hydrogen-bond acceptors (Lipinski definition) is 1. The Kier molecular flexibility index (Phi) is 8.89. The molecular weight excluding hydrogens is 183 g/mol. The maximum absolute atomic E-state index is 5.61. The van der Waals surface area contributed by atoms with Crippen molar-refractivity contribution in [3.8, 4) is 0 Å². The second-order valence-corrected chi connectivity index (χ2v) is 3.31. The van der Waals surface area contributed by atoms with E-state index in [9.17, 15) is 0 Å². The van der Waals surface area contributed by atoms with E-state index in [1.54, 1.807) is 6.08 Å². The zero-order valence-electron chi connectivity index (χ0n) is 10.1. The Labute approximate surface area is 94.6 Å². The van der Waals surface area contributed by atoms with E-state index in [4.69, 9.17) is 4.74 Å². The van der Waals surface area contributed by atoms with Crippen LogP contribution < -0.4 is 0 Å². The summed E-state index contributed by atoms with van der Waals surface area (Å²) in [5.74, 6) is 2.05. The molecule has 0 N–H and O–H groups in total. The Morgan fingerprint density at radius 1 is 1.53 bits per heavy atom. The average Bonchev–Trinajstić information content (AvgIpc) is 2.25. The molecule has 0 aromatic heterocycles. The molecule has 0 saturated carbocycles. The number of hydrogen-bond donors (Lipinski definition) is 0. The highest BCUT2D eigenvalue weighted by atomic mass is 16.5. The van der Waals surface area contributed by atoms with Crippen LogP contribution in [0, 0.1) is 0 Å². The minimum Gasteiger partial charge on any atom is -0.374 e. The zero-order valence-corrected chi connectivity index (χ0v) is 10.1. The minimum atomic E-state index is 0.159. The monoisotopic (exact) mass is 204 g/mol. The summed E-state index contributed by atoms with van der Waals surface area (Å²) in [5.41, 5.74) is 1.32. The van der Waals surface area contributed by atoms with Crippen molar-refractivity contribution in [2.75, 3.05) is 6.61 Å². The van der Waals surface area contributed by atoms with Crippen molar-refractivity contribution < 1.29 is 4.74 Å². The van der Waals surface area contributed by atoms with Crippen LogP contribution in [0.5, 0.6) is 0 Å². The summed E-state index contributed by atoms with van der Waals surface area (Å²) in [6.07, 6.45) is 11.0. The summed E-state index contributed by atoms with van der Waals surface area (Å²) < 4.78 is 5.61. The maximum atomic E-state index is 5.61. The molecule has 0 aliphatic carbocycles. The Morgan fingerprint density at radius 3 is 2.80 bits per heavy atom. The predicted octanol–water partition coefficient (Wildman–Crippen LogP) is 2.62. The number of ether oxygens (including phenoxy) is 1.